The van der Waals surface area contributed by atoms with Gasteiger partial charge in [0.25, 0.3) is 0 Å². The highest BCUT2D eigenvalue weighted by atomic mass is 32.2. The number of amides is 1. The molecule has 1 atom stereocenters. The lowest BCUT2D eigenvalue weighted by molar-refractivity contribution is -0.137. The molecule has 0 bridgehead atoms. The molecule has 0 radical (unpaired) electrons. The van der Waals surface area contributed by atoms with E-state index in [0.717, 1.165) is 5.56 Å². The van der Waals surface area contributed by atoms with Crippen molar-refractivity contribution in [3.63, 3.8) is 0 Å². The molecular formula is C24H25N3O5S. The predicted molar refractivity (Wildman–Crippen MR) is 123 cm³/mol. The Morgan fingerprint density at radius 1 is 1.18 bits per heavy atom. The van der Waals surface area contributed by atoms with E-state index in [1.165, 1.54) is 10.4 Å². The average molecular weight is 468 g/mol. The summed E-state index contributed by atoms with van der Waals surface area (Å²) in [6.45, 7) is 3.98. The lowest BCUT2D eigenvalue weighted by atomic mass is 10.1. The van der Waals surface area contributed by atoms with Crippen LogP contribution in [0.4, 0.5) is 5.69 Å². The topological polar surface area (TPSA) is 117 Å². The number of benzene rings is 2. The van der Waals surface area contributed by atoms with Crippen molar-refractivity contribution in [2.75, 3.05) is 18.5 Å². The zero-order valence-corrected chi connectivity index (χ0v) is 19.3. The number of anilines is 1. The van der Waals surface area contributed by atoms with Crippen molar-refractivity contribution in [3.05, 3.63) is 65.2 Å². The highest BCUT2D eigenvalue weighted by Crippen LogP contribution is 2.27. The number of hydrogen-bond acceptors (Lipinski definition) is 6. The molecule has 9 heteroatoms. The number of aryl methyl sites for hydroxylation is 1. The van der Waals surface area contributed by atoms with E-state index in [1.54, 1.807) is 55.5 Å². The van der Waals surface area contributed by atoms with Crippen LogP contribution in [0.15, 0.2) is 59.0 Å². The molecule has 2 aromatic carbocycles. The number of hydrogen-bond donors (Lipinski definition) is 1. The van der Waals surface area contributed by atoms with Crippen LogP contribution in [0.3, 0.4) is 0 Å². The molecule has 2 aromatic rings. The van der Waals surface area contributed by atoms with Gasteiger partial charge in [0.05, 0.1) is 11.5 Å². The van der Waals surface area contributed by atoms with E-state index in [1.807, 2.05) is 13.0 Å². The molecule has 172 valence electrons. The van der Waals surface area contributed by atoms with Gasteiger partial charge in [-0.05, 0) is 62.6 Å². The van der Waals surface area contributed by atoms with Gasteiger partial charge in [-0.25, -0.2) is 13.2 Å². The van der Waals surface area contributed by atoms with E-state index >= 15 is 0 Å². The van der Waals surface area contributed by atoms with Gasteiger partial charge in [-0.1, -0.05) is 29.8 Å². The molecule has 1 aliphatic heterocycles. The molecule has 0 aliphatic carbocycles. The van der Waals surface area contributed by atoms with Gasteiger partial charge >= 0.3 is 5.97 Å². The average Bonchev–Trinajstić information content (AvgIpc) is 3.30. The first-order valence-electron chi connectivity index (χ1n) is 10.5. The first-order chi connectivity index (χ1) is 15.8. The smallest absolute Gasteiger partial charge is 0.348 e. The van der Waals surface area contributed by atoms with Crippen molar-refractivity contribution < 1.29 is 22.7 Å². The molecule has 33 heavy (non-hydrogen) atoms. The van der Waals surface area contributed by atoms with Crippen LogP contribution < -0.4 is 5.32 Å². The molecule has 1 heterocycles. The summed E-state index contributed by atoms with van der Waals surface area (Å²) in [5, 5.41) is 11.9. The molecule has 8 nitrogen and oxygen atoms in total. The minimum Gasteiger partial charge on any atom is -0.462 e. The number of nitrogens with zero attached hydrogens (tertiary/aromatic N) is 2. The Kier molecular flexibility index (Phi) is 7.63. The highest BCUT2D eigenvalue weighted by molar-refractivity contribution is 7.89. The largest absolute Gasteiger partial charge is 0.462 e. The Bertz CT molecular complexity index is 1200. The zero-order chi connectivity index (χ0) is 24.0. The third-order valence-electron chi connectivity index (χ3n) is 5.24. The Morgan fingerprint density at radius 2 is 1.85 bits per heavy atom. The van der Waals surface area contributed by atoms with Gasteiger partial charge in [0.15, 0.2) is 0 Å². The number of carbonyl (C=O) groups excluding carboxylic acids is 2. The maximum Gasteiger partial charge on any atom is 0.348 e. The lowest BCUT2D eigenvalue weighted by Gasteiger charge is -2.23. The summed E-state index contributed by atoms with van der Waals surface area (Å²) in [5.74, 6) is -1.11. The van der Waals surface area contributed by atoms with Gasteiger partial charge in [0.2, 0.25) is 15.9 Å². The second-order valence-electron chi connectivity index (χ2n) is 7.59. The van der Waals surface area contributed by atoms with Crippen LogP contribution in [-0.4, -0.2) is 43.8 Å². The fraction of sp³-hybridized carbons (Fsp3) is 0.292. The monoisotopic (exact) mass is 467 g/mol. The molecule has 1 amide bonds. The van der Waals surface area contributed by atoms with Crippen molar-refractivity contribution in [2.45, 2.75) is 37.6 Å². The molecule has 3 rings (SSSR count). The van der Waals surface area contributed by atoms with Crippen LogP contribution in [0.5, 0.6) is 0 Å². The van der Waals surface area contributed by atoms with Crippen LogP contribution in [0, 0.1) is 18.3 Å². The van der Waals surface area contributed by atoms with Crippen LogP contribution in [0.1, 0.15) is 30.9 Å². The second-order valence-corrected chi connectivity index (χ2v) is 9.48. The van der Waals surface area contributed by atoms with E-state index in [4.69, 9.17) is 10.00 Å². The number of nitrogens with one attached hydrogen (secondary N) is 1. The van der Waals surface area contributed by atoms with Crippen LogP contribution in [0.25, 0.3) is 6.08 Å². The number of esters is 1. The summed E-state index contributed by atoms with van der Waals surface area (Å²) in [5.41, 5.74) is 1.89. The summed E-state index contributed by atoms with van der Waals surface area (Å²) in [6.07, 6.45) is 2.43. The molecule has 1 fully saturated rings. The van der Waals surface area contributed by atoms with E-state index < -0.39 is 27.9 Å². The van der Waals surface area contributed by atoms with Crippen molar-refractivity contribution >= 4 is 33.7 Å². The van der Waals surface area contributed by atoms with Gasteiger partial charge in [0, 0.05) is 12.2 Å². The Balaban J connectivity index is 1.72. The Hall–Kier alpha value is -3.48. The van der Waals surface area contributed by atoms with Crippen molar-refractivity contribution in [1.82, 2.24) is 4.31 Å². The van der Waals surface area contributed by atoms with Crippen LogP contribution >= 0.6 is 0 Å². The Morgan fingerprint density at radius 3 is 2.45 bits per heavy atom. The molecule has 0 saturated carbocycles. The maximum absolute atomic E-state index is 13.1. The zero-order valence-electron chi connectivity index (χ0n) is 18.4. The third kappa shape index (κ3) is 5.66. The normalized spacial score (nSPS) is 16.8. The number of rotatable bonds is 7. The molecule has 1 N–H and O–H groups in total. The SMILES string of the molecule is CCOC(=O)C(C#N)=Cc1ccc(NC(=O)C2CCCN2S(=O)(=O)c2ccc(C)cc2)cc1. The van der Waals surface area contributed by atoms with E-state index in [9.17, 15) is 18.0 Å². The first kappa shape index (κ1) is 24.2. The summed E-state index contributed by atoms with van der Waals surface area (Å²) in [7, 11) is -3.79. The van der Waals surface area contributed by atoms with Gasteiger partial charge in [-0.2, -0.15) is 9.57 Å². The summed E-state index contributed by atoms with van der Waals surface area (Å²) >= 11 is 0. The second kappa shape index (κ2) is 10.4. The fourth-order valence-corrected chi connectivity index (χ4v) is 5.19. The van der Waals surface area contributed by atoms with Gasteiger partial charge in [-0.3, -0.25) is 4.79 Å². The molecule has 0 spiro atoms. The van der Waals surface area contributed by atoms with E-state index in [2.05, 4.69) is 5.32 Å². The fourth-order valence-electron chi connectivity index (χ4n) is 3.54. The van der Waals surface area contributed by atoms with Crippen molar-refractivity contribution in [1.29, 1.82) is 5.26 Å². The van der Waals surface area contributed by atoms with E-state index in [-0.39, 0.29) is 23.6 Å². The number of carbonyl (C=O) groups is 2. The molecule has 0 aromatic heterocycles. The molecule has 1 aliphatic rings. The Labute approximate surface area is 193 Å². The number of nitriles is 1. The molecule has 1 unspecified atom stereocenters. The summed E-state index contributed by atoms with van der Waals surface area (Å²) < 4.78 is 32.2. The predicted octanol–water partition coefficient (Wildman–Crippen LogP) is 3.26. The minimum atomic E-state index is -3.79. The maximum atomic E-state index is 13.1. The van der Waals surface area contributed by atoms with Gasteiger partial charge in [-0.15, -0.1) is 0 Å². The summed E-state index contributed by atoms with van der Waals surface area (Å²) in [6, 6.07) is 14.1. The van der Waals surface area contributed by atoms with Crippen molar-refractivity contribution in [3.8, 4) is 6.07 Å². The van der Waals surface area contributed by atoms with Crippen LogP contribution in [-0.2, 0) is 24.3 Å². The third-order valence-corrected chi connectivity index (χ3v) is 7.16. The highest BCUT2D eigenvalue weighted by Gasteiger charge is 2.39. The molecular weight excluding hydrogens is 442 g/mol. The number of ether oxygens (including phenoxy) is 1. The standard InChI is InChI=1S/C24H25N3O5S/c1-3-32-24(29)19(16-25)15-18-8-10-20(11-9-18)26-23(28)22-5-4-14-27(22)33(30,31)21-12-6-17(2)7-13-21/h6-13,15,22H,3-5,14H2,1-2H3,(H,26,28). The first-order valence-corrected chi connectivity index (χ1v) is 12.0. The summed E-state index contributed by atoms with van der Waals surface area (Å²) in [4.78, 5) is 24.8. The number of sulfonamides is 1. The molecule has 1 saturated heterocycles. The van der Waals surface area contributed by atoms with E-state index in [0.29, 0.717) is 24.1 Å². The lowest BCUT2D eigenvalue weighted by Crippen LogP contribution is -2.43. The van der Waals surface area contributed by atoms with Gasteiger partial charge in [0.1, 0.15) is 17.7 Å². The minimum absolute atomic E-state index is 0.128. The van der Waals surface area contributed by atoms with Crippen LogP contribution in [0.2, 0.25) is 0 Å². The van der Waals surface area contributed by atoms with Gasteiger partial charge < -0.3 is 10.1 Å². The van der Waals surface area contributed by atoms with Crippen molar-refractivity contribution in [2.24, 2.45) is 0 Å². The quantitative estimate of drug-likeness (QED) is 0.380.